The van der Waals surface area contributed by atoms with Crippen molar-refractivity contribution in [1.29, 1.82) is 0 Å². The fourth-order valence-electron chi connectivity index (χ4n) is 3.10. The molecule has 1 aliphatic rings. The third kappa shape index (κ3) is 5.04. The SMILES string of the molecule is CCN(CC)S(=O)(=O)c1ccc(C(=O)NCC(=O)NC2CCCC2)cc1. The van der Waals surface area contributed by atoms with Gasteiger partial charge < -0.3 is 10.6 Å². The fraction of sp³-hybridized carbons (Fsp3) is 0.556. The molecule has 144 valence electrons. The molecule has 0 unspecified atom stereocenters. The Morgan fingerprint density at radius 3 is 2.19 bits per heavy atom. The lowest BCUT2D eigenvalue weighted by molar-refractivity contribution is -0.120. The number of nitrogens with one attached hydrogen (secondary N) is 2. The van der Waals surface area contributed by atoms with E-state index in [0.717, 1.165) is 25.7 Å². The van der Waals surface area contributed by atoms with Crippen molar-refractivity contribution >= 4 is 21.8 Å². The van der Waals surface area contributed by atoms with E-state index in [2.05, 4.69) is 10.6 Å². The number of hydrogen-bond donors (Lipinski definition) is 2. The number of carbonyl (C=O) groups is 2. The van der Waals surface area contributed by atoms with Gasteiger partial charge in [0.2, 0.25) is 15.9 Å². The van der Waals surface area contributed by atoms with Crippen molar-refractivity contribution in [3.05, 3.63) is 29.8 Å². The Morgan fingerprint density at radius 1 is 1.08 bits per heavy atom. The second-order valence-electron chi connectivity index (χ2n) is 6.35. The van der Waals surface area contributed by atoms with Gasteiger partial charge in [0.25, 0.3) is 5.91 Å². The second kappa shape index (κ2) is 9.14. The molecule has 0 bridgehead atoms. The van der Waals surface area contributed by atoms with Crippen LogP contribution < -0.4 is 10.6 Å². The van der Waals surface area contributed by atoms with Crippen LogP contribution in [0.3, 0.4) is 0 Å². The van der Waals surface area contributed by atoms with Crippen molar-refractivity contribution in [3.63, 3.8) is 0 Å². The van der Waals surface area contributed by atoms with Gasteiger partial charge in [-0.3, -0.25) is 9.59 Å². The number of amides is 2. The summed E-state index contributed by atoms with van der Waals surface area (Å²) in [5.74, 6) is -0.607. The van der Waals surface area contributed by atoms with E-state index in [9.17, 15) is 18.0 Å². The number of benzene rings is 1. The van der Waals surface area contributed by atoms with Gasteiger partial charge >= 0.3 is 0 Å². The van der Waals surface area contributed by atoms with Crippen molar-refractivity contribution in [2.75, 3.05) is 19.6 Å². The summed E-state index contributed by atoms with van der Waals surface area (Å²) in [6.07, 6.45) is 4.23. The molecule has 8 heteroatoms. The lowest BCUT2D eigenvalue weighted by Gasteiger charge is -2.18. The molecule has 7 nitrogen and oxygen atoms in total. The average Bonchev–Trinajstić information content (AvgIpc) is 3.13. The Balaban J connectivity index is 1.92. The minimum atomic E-state index is -3.55. The molecule has 2 rings (SSSR count). The molecule has 0 atom stereocenters. The van der Waals surface area contributed by atoms with Crippen LogP contribution in [-0.2, 0) is 14.8 Å². The van der Waals surface area contributed by atoms with E-state index < -0.39 is 15.9 Å². The van der Waals surface area contributed by atoms with E-state index in [0.29, 0.717) is 18.7 Å². The Labute approximate surface area is 155 Å². The summed E-state index contributed by atoms with van der Waals surface area (Å²) in [4.78, 5) is 24.1. The number of hydrogen-bond acceptors (Lipinski definition) is 4. The van der Waals surface area contributed by atoms with Gasteiger partial charge in [-0.05, 0) is 37.1 Å². The first kappa shape index (κ1) is 20.4. The molecule has 1 saturated carbocycles. The Morgan fingerprint density at radius 2 is 1.65 bits per heavy atom. The topological polar surface area (TPSA) is 95.6 Å². The molecular formula is C18H27N3O4S. The lowest BCUT2D eigenvalue weighted by Crippen LogP contribution is -2.40. The number of carbonyl (C=O) groups excluding carboxylic acids is 2. The van der Waals surface area contributed by atoms with E-state index in [-0.39, 0.29) is 23.4 Å². The minimum absolute atomic E-state index is 0.0885. The minimum Gasteiger partial charge on any atom is -0.352 e. The van der Waals surface area contributed by atoms with Crippen LogP contribution in [0.1, 0.15) is 49.9 Å². The summed E-state index contributed by atoms with van der Waals surface area (Å²) >= 11 is 0. The van der Waals surface area contributed by atoms with Crippen LogP contribution in [0.2, 0.25) is 0 Å². The van der Waals surface area contributed by atoms with E-state index in [4.69, 9.17) is 0 Å². The van der Waals surface area contributed by atoms with E-state index in [1.807, 2.05) is 0 Å². The standard InChI is InChI=1S/C18H27N3O4S/c1-3-21(4-2)26(24,25)16-11-9-14(10-12-16)18(23)19-13-17(22)20-15-7-5-6-8-15/h9-12,15H,3-8,13H2,1-2H3,(H,19,23)(H,20,22). The zero-order valence-electron chi connectivity index (χ0n) is 15.3. The maximum atomic E-state index is 12.4. The summed E-state index contributed by atoms with van der Waals surface area (Å²) in [5.41, 5.74) is 0.317. The molecule has 26 heavy (non-hydrogen) atoms. The van der Waals surface area contributed by atoms with Gasteiger partial charge in [0.1, 0.15) is 0 Å². The summed E-state index contributed by atoms with van der Waals surface area (Å²) in [6.45, 7) is 4.24. The Hall–Kier alpha value is -1.93. The van der Waals surface area contributed by atoms with Gasteiger partial charge in [-0.2, -0.15) is 4.31 Å². The lowest BCUT2D eigenvalue weighted by atomic mass is 10.2. The van der Waals surface area contributed by atoms with Crippen LogP contribution in [0.15, 0.2) is 29.2 Å². The van der Waals surface area contributed by atoms with Crippen LogP contribution in [0.5, 0.6) is 0 Å². The molecule has 0 saturated heterocycles. The van der Waals surface area contributed by atoms with Gasteiger partial charge in [0.05, 0.1) is 11.4 Å². The normalized spacial score (nSPS) is 15.2. The highest BCUT2D eigenvalue weighted by Crippen LogP contribution is 2.17. The molecule has 1 fully saturated rings. The van der Waals surface area contributed by atoms with E-state index >= 15 is 0 Å². The number of sulfonamides is 1. The summed E-state index contributed by atoms with van der Waals surface area (Å²) < 4.78 is 26.2. The maximum absolute atomic E-state index is 12.4. The smallest absolute Gasteiger partial charge is 0.251 e. The number of nitrogens with zero attached hydrogens (tertiary/aromatic N) is 1. The van der Waals surface area contributed by atoms with Crippen LogP contribution in [0.4, 0.5) is 0 Å². The van der Waals surface area contributed by atoms with Crippen molar-refractivity contribution < 1.29 is 18.0 Å². The molecule has 1 aliphatic carbocycles. The highest BCUT2D eigenvalue weighted by Gasteiger charge is 2.22. The first-order valence-corrected chi connectivity index (χ1v) is 10.5. The molecule has 2 amide bonds. The summed E-state index contributed by atoms with van der Waals surface area (Å²) in [5, 5.41) is 5.47. The predicted octanol–water partition coefficient (Wildman–Crippen LogP) is 1.51. The highest BCUT2D eigenvalue weighted by atomic mass is 32.2. The van der Waals surface area contributed by atoms with Gasteiger partial charge in [0.15, 0.2) is 0 Å². The molecule has 0 aliphatic heterocycles. The van der Waals surface area contributed by atoms with Gasteiger partial charge in [0, 0.05) is 24.7 Å². The molecule has 0 heterocycles. The highest BCUT2D eigenvalue weighted by molar-refractivity contribution is 7.89. The molecule has 2 N–H and O–H groups in total. The van der Waals surface area contributed by atoms with Crippen LogP contribution in [0, 0.1) is 0 Å². The van der Waals surface area contributed by atoms with Crippen molar-refractivity contribution in [2.45, 2.75) is 50.5 Å². The molecule has 0 aromatic heterocycles. The zero-order valence-corrected chi connectivity index (χ0v) is 16.1. The Bertz CT molecular complexity index is 721. The third-order valence-corrected chi connectivity index (χ3v) is 6.65. The third-order valence-electron chi connectivity index (χ3n) is 4.59. The van der Waals surface area contributed by atoms with Crippen LogP contribution >= 0.6 is 0 Å². The first-order chi connectivity index (χ1) is 12.4. The maximum Gasteiger partial charge on any atom is 0.251 e. The predicted molar refractivity (Wildman–Crippen MR) is 99.3 cm³/mol. The summed E-state index contributed by atoms with van der Waals surface area (Å²) in [7, 11) is -3.55. The second-order valence-corrected chi connectivity index (χ2v) is 8.28. The van der Waals surface area contributed by atoms with Crippen molar-refractivity contribution in [2.24, 2.45) is 0 Å². The van der Waals surface area contributed by atoms with Gasteiger partial charge in [-0.25, -0.2) is 8.42 Å². The molecule has 0 spiro atoms. The van der Waals surface area contributed by atoms with Gasteiger partial charge in [-0.1, -0.05) is 26.7 Å². The fourth-order valence-corrected chi connectivity index (χ4v) is 4.56. The Kier molecular flexibility index (Phi) is 7.16. The average molecular weight is 381 g/mol. The van der Waals surface area contributed by atoms with E-state index in [1.165, 1.54) is 28.6 Å². The molecular weight excluding hydrogens is 354 g/mol. The molecule has 0 radical (unpaired) electrons. The molecule has 1 aromatic carbocycles. The van der Waals surface area contributed by atoms with E-state index in [1.54, 1.807) is 13.8 Å². The van der Waals surface area contributed by atoms with Crippen LogP contribution in [-0.4, -0.2) is 50.2 Å². The quantitative estimate of drug-likeness (QED) is 0.713. The largest absolute Gasteiger partial charge is 0.352 e. The zero-order chi connectivity index (χ0) is 19.2. The monoisotopic (exact) mass is 381 g/mol. The number of rotatable bonds is 8. The summed E-state index contributed by atoms with van der Waals surface area (Å²) in [6, 6.07) is 5.97. The first-order valence-electron chi connectivity index (χ1n) is 9.06. The molecule has 1 aromatic rings. The van der Waals surface area contributed by atoms with Crippen molar-refractivity contribution in [1.82, 2.24) is 14.9 Å². The van der Waals surface area contributed by atoms with Crippen LogP contribution in [0.25, 0.3) is 0 Å². The van der Waals surface area contributed by atoms with Gasteiger partial charge in [-0.15, -0.1) is 0 Å². The van der Waals surface area contributed by atoms with Crippen molar-refractivity contribution in [3.8, 4) is 0 Å².